The number of rotatable bonds is 5. The minimum Gasteiger partial charge on any atom is -0.369 e. The van der Waals surface area contributed by atoms with Gasteiger partial charge in [0, 0.05) is 45.0 Å². The number of carbonyl (C=O) groups excluding carboxylic acids is 1. The number of anilines is 1. The fourth-order valence-corrected chi connectivity index (χ4v) is 2.57. The van der Waals surface area contributed by atoms with Crippen molar-refractivity contribution in [3.05, 3.63) is 23.9 Å². The Bertz CT molecular complexity index is 467. The monoisotopic (exact) mass is 290 g/mol. The number of nitrogens with one attached hydrogen (secondary N) is 1. The molecule has 1 saturated heterocycles. The third-order valence-corrected chi connectivity index (χ3v) is 3.91. The molecule has 0 radical (unpaired) electrons. The van der Waals surface area contributed by atoms with Gasteiger partial charge in [-0.3, -0.25) is 9.69 Å². The first kappa shape index (κ1) is 15.8. The lowest BCUT2D eigenvalue weighted by atomic mass is 10.2. The Morgan fingerprint density at radius 1 is 1.33 bits per heavy atom. The number of piperazine rings is 1. The molecule has 1 amide bonds. The van der Waals surface area contributed by atoms with Crippen molar-refractivity contribution in [2.75, 3.05) is 38.0 Å². The molecule has 116 valence electrons. The summed E-state index contributed by atoms with van der Waals surface area (Å²) in [5.41, 5.74) is 0.684. The summed E-state index contributed by atoms with van der Waals surface area (Å²) in [6.07, 6.45) is 2.74. The fourth-order valence-electron chi connectivity index (χ4n) is 2.57. The normalized spacial score (nSPS) is 16.3. The van der Waals surface area contributed by atoms with Crippen molar-refractivity contribution >= 4 is 11.7 Å². The highest BCUT2D eigenvalue weighted by Gasteiger charge is 2.24. The van der Waals surface area contributed by atoms with Crippen molar-refractivity contribution in [3.63, 3.8) is 0 Å². The Labute approximate surface area is 127 Å². The molecule has 1 aromatic heterocycles. The molecule has 21 heavy (non-hydrogen) atoms. The van der Waals surface area contributed by atoms with Crippen LogP contribution in [0.3, 0.4) is 0 Å². The average molecular weight is 290 g/mol. The highest BCUT2D eigenvalue weighted by atomic mass is 16.2. The SMILES string of the molecule is CCCNc1ncccc1C(=O)N1CCN(C(C)C)CC1. The Morgan fingerprint density at radius 3 is 2.67 bits per heavy atom. The Kier molecular flexibility index (Phi) is 5.56. The highest BCUT2D eigenvalue weighted by Crippen LogP contribution is 2.16. The van der Waals surface area contributed by atoms with E-state index in [1.165, 1.54) is 0 Å². The van der Waals surface area contributed by atoms with Crippen LogP contribution in [-0.2, 0) is 0 Å². The van der Waals surface area contributed by atoms with Gasteiger partial charge in [0.05, 0.1) is 5.56 Å². The third-order valence-electron chi connectivity index (χ3n) is 3.91. The van der Waals surface area contributed by atoms with E-state index in [0.717, 1.165) is 39.1 Å². The standard InChI is InChI=1S/C16H26N4O/c1-4-7-17-15-14(6-5-8-18-15)16(21)20-11-9-19(10-12-20)13(2)3/h5-6,8,13H,4,7,9-12H2,1-3H3,(H,17,18). The van der Waals surface area contributed by atoms with Gasteiger partial charge in [-0.25, -0.2) is 4.98 Å². The molecule has 0 unspecified atom stereocenters. The molecule has 1 aliphatic rings. The molecule has 5 nitrogen and oxygen atoms in total. The molecule has 0 saturated carbocycles. The van der Waals surface area contributed by atoms with Gasteiger partial charge in [0.25, 0.3) is 5.91 Å². The minimum atomic E-state index is 0.0881. The number of hydrogen-bond acceptors (Lipinski definition) is 4. The fraction of sp³-hybridized carbons (Fsp3) is 0.625. The van der Waals surface area contributed by atoms with Crippen molar-refractivity contribution in [3.8, 4) is 0 Å². The maximum atomic E-state index is 12.7. The molecule has 1 aliphatic heterocycles. The van der Waals surface area contributed by atoms with Gasteiger partial charge in [-0.2, -0.15) is 0 Å². The molecule has 2 rings (SSSR count). The van der Waals surface area contributed by atoms with E-state index >= 15 is 0 Å². The predicted octanol–water partition coefficient (Wildman–Crippen LogP) is 2.07. The largest absolute Gasteiger partial charge is 0.369 e. The van der Waals surface area contributed by atoms with Crippen LogP contribution in [0.1, 0.15) is 37.6 Å². The van der Waals surface area contributed by atoms with Gasteiger partial charge in [0.1, 0.15) is 5.82 Å². The van der Waals surface area contributed by atoms with Crippen molar-refractivity contribution in [2.24, 2.45) is 0 Å². The molecule has 0 atom stereocenters. The maximum absolute atomic E-state index is 12.7. The van der Waals surface area contributed by atoms with E-state index < -0.39 is 0 Å². The number of carbonyl (C=O) groups is 1. The number of aromatic nitrogens is 1. The van der Waals surface area contributed by atoms with Crippen LogP contribution in [0.25, 0.3) is 0 Å². The van der Waals surface area contributed by atoms with Crippen LogP contribution in [0.5, 0.6) is 0 Å². The summed E-state index contributed by atoms with van der Waals surface area (Å²) < 4.78 is 0. The molecule has 1 N–H and O–H groups in total. The second kappa shape index (κ2) is 7.41. The van der Waals surface area contributed by atoms with E-state index in [2.05, 4.69) is 36.0 Å². The topological polar surface area (TPSA) is 48.5 Å². The lowest BCUT2D eigenvalue weighted by Crippen LogP contribution is -2.50. The summed E-state index contributed by atoms with van der Waals surface area (Å²) in [4.78, 5) is 21.3. The lowest BCUT2D eigenvalue weighted by molar-refractivity contribution is 0.0596. The van der Waals surface area contributed by atoms with Crippen LogP contribution in [0, 0.1) is 0 Å². The molecule has 0 spiro atoms. The Balaban J connectivity index is 2.04. The van der Waals surface area contributed by atoms with Gasteiger partial charge < -0.3 is 10.2 Å². The summed E-state index contributed by atoms with van der Waals surface area (Å²) in [7, 11) is 0. The van der Waals surface area contributed by atoms with Crippen LogP contribution >= 0.6 is 0 Å². The van der Waals surface area contributed by atoms with E-state index in [9.17, 15) is 4.79 Å². The minimum absolute atomic E-state index is 0.0881. The van der Waals surface area contributed by atoms with E-state index in [0.29, 0.717) is 17.4 Å². The van der Waals surface area contributed by atoms with Gasteiger partial charge in [-0.1, -0.05) is 6.92 Å². The molecule has 5 heteroatoms. The summed E-state index contributed by atoms with van der Waals surface area (Å²) in [5.74, 6) is 0.792. The first-order valence-electron chi connectivity index (χ1n) is 7.85. The molecular formula is C16H26N4O. The van der Waals surface area contributed by atoms with Crippen LogP contribution in [0.4, 0.5) is 5.82 Å². The van der Waals surface area contributed by atoms with Crippen LogP contribution in [0.15, 0.2) is 18.3 Å². The highest BCUT2D eigenvalue weighted by molar-refractivity contribution is 5.98. The molecule has 2 heterocycles. The van der Waals surface area contributed by atoms with Gasteiger partial charge in [0.15, 0.2) is 0 Å². The number of amides is 1. The van der Waals surface area contributed by atoms with Gasteiger partial charge in [0.2, 0.25) is 0 Å². The van der Waals surface area contributed by atoms with Crippen LogP contribution < -0.4 is 5.32 Å². The molecule has 0 aromatic carbocycles. The van der Waals surface area contributed by atoms with E-state index in [1.807, 2.05) is 17.0 Å². The number of hydrogen-bond donors (Lipinski definition) is 1. The van der Waals surface area contributed by atoms with Crippen molar-refractivity contribution in [1.29, 1.82) is 0 Å². The Hall–Kier alpha value is -1.62. The maximum Gasteiger partial charge on any atom is 0.257 e. The molecule has 0 bridgehead atoms. The van der Waals surface area contributed by atoms with Crippen LogP contribution in [-0.4, -0.2) is 59.5 Å². The molecule has 0 aliphatic carbocycles. The zero-order valence-corrected chi connectivity index (χ0v) is 13.3. The molecule has 1 fully saturated rings. The average Bonchev–Trinajstić information content (AvgIpc) is 2.52. The summed E-state index contributed by atoms with van der Waals surface area (Å²) >= 11 is 0. The van der Waals surface area contributed by atoms with Crippen molar-refractivity contribution in [2.45, 2.75) is 33.2 Å². The van der Waals surface area contributed by atoms with Gasteiger partial charge in [-0.05, 0) is 32.4 Å². The van der Waals surface area contributed by atoms with Crippen molar-refractivity contribution in [1.82, 2.24) is 14.8 Å². The van der Waals surface area contributed by atoms with Crippen LogP contribution in [0.2, 0.25) is 0 Å². The van der Waals surface area contributed by atoms with Gasteiger partial charge >= 0.3 is 0 Å². The second-order valence-corrected chi connectivity index (χ2v) is 5.75. The quantitative estimate of drug-likeness (QED) is 0.902. The first-order chi connectivity index (χ1) is 10.1. The lowest BCUT2D eigenvalue weighted by Gasteiger charge is -2.37. The summed E-state index contributed by atoms with van der Waals surface area (Å²) in [6, 6.07) is 4.24. The van der Waals surface area contributed by atoms with E-state index in [1.54, 1.807) is 6.20 Å². The zero-order chi connectivity index (χ0) is 15.2. The third kappa shape index (κ3) is 3.94. The molecule has 1 aromatic rings. The van der Waals surface area contributed by atoms with Gasteiger partial charge in [-0.15, -0.1) is 0 Å². The molecular weight excluding hydrogens is 264 g/mol. The smallest absolute Gasteiger partial charge is 0.257 e. The van der Waals surface area contributed by atoms with Crippen molar-refractivity contribution < 1.29 is 4.79 Å². The Morgan fingerprint density at radius 2 is 2.05 bits per heavy atom. The summed E-state index contributed by atoms with van der Waals surface area (Å²) in [5, 5.41) is 3.24. The van der Waals surface area contributed by atoms with E-state index in [-0.39, 0.29) is 5.91 Å². The zero-order valence-electron chi connectivity index (χ0n) is 13.3. The summed E-state index contributed by atoms with van der Waals surface area (Å²) in [6.45, 7) is 10.8. The van der Waals surface area contributed by atoms with E-state index in [4.69, 9.17) is 0 Å². The predicted molar refractivity (Wildman–Crippen MR) is 85.6 cm³/mol. The first-order valence-corrected chi connectivity index (χ1v) is 7.85. The number of nitrogens with zero attached hydrogens (tertiary/aromatic N) is 3. The number of pyridine rings is 1. The second-order valence-electron chi connectivity index (χ2n) is 5.75.